The maximum Gasteiger partial charge on any atom is 0.335 e. The number of fused-ring (bicyclic) bond motifs is 8. The van der Waals surface area contributed by atoms with Crippen molar-refractivity contribution < 1.29 is 19.8 Å². The van der Waals surface area contributed by atoms with Gasteiger partial charge in [-0.05, 0) is 90.5 Å². The number of carboxylic acids is 2. The zero-order chi connectivity index (χ0) is 24.8. The Balaban J connectivity index is 1.66. The number of aromatic amines is 2. The topological polar surface area (TPSA) is 132 Å². The summed E-state index contributed by atoms with van der Waals surface area (Å²) in [6.45, 7) is 0. The largest absolute Gasteiger partial charge is 0.478 e. The summed E-state index contributed by atoms with van der Waals surface area (Å²) in [6.07, 6.45) is 7.62. The minimum Gasteiger partial charge on any atom is -0.478 e. The molecular formula is C28H18N4O4. The molecule has 3 aromatic heterocycles. The standard InChI is InChI=1S/C28H18N4O4/c33-27(34)16-7-15(8-17(9-16)28(35)36)25-13-24-12-22-4-3-20(30-22)10-18-1-2-19(29-18)11-21-5-6-23(31-21)14-26(25)32-24/h1-14,29,32H,(H,33,34)(H,35,36). The van der Waals surface area contributed by atoms with Crippen molar-refractivity contribution in [1.29, 1.82) is 0 Å². The summed E-state index contributed by atoms with van der Waals surface area (Å²) in [6, 6.07) is 17.5. The number of nitrogens with one attached hydrogen (secondary N) is 2. The third kappa shape index (κ3) is 4.07. The SMILES string of the molecule is O=C(O)c1cc(C(=O)O)cc(-c2cc3cc4nc(cc5ccc(cc6nc(cc2[nH]3)C=C6)[nH]5)C=C4)c1. The van der Waals surface area contributed by atoms with Crippen LogP contribution in [0.2, 0.25) is 0 Å². The first-order valence-electron chi connectivity index (χ1n) is 11.1. The fourth-order valence-corrected chi connectivity index (χ4v) is 4.29. The molecule has 0 aliphatic carbocycles. The van der Waals surface area contributed by atoms with Gasteiger partial charge in [-0.15, -0.1) is 0 Å². The van der Waals surface area contributed by atoms with Gasteiger partial charge >= 0.3 is 11.9 Å². The summed E-state index contributed by atoms with van der Waals surface area (Å²) in [5, 5.41) is 19.1. The normalized spacial score (nSPS) is 12.1. The minimum atomic E-state index is -1.20. The van der Waals surface area contributed by atoms with Gasteiger partial charge in [-0.1, -0.05) is 0 Å². The molecule has 0 spiro atoms. The van der Waals surface area contributed by atoms with Crippen molar-refractivity contribution >= 4 is 58.3 Å². The van der Waals surface area contributed by atoms with E-state index >= 15 is 0 Å². The van der Waals surface area contributed by atoms with Crippen LogP contribution in [0.5, 0.6) is 0 Å². The fourth-order valence-electron chi connectivity index (χ4n) is 4.29. The van der Waals surface area contributed by atoms with E-state index < -0.39 is 11.9 Å². The minimum absolute atomic E-state index is 0.104. The highest BCUT2D eigenvalue weighted by Gasteiger charge is 2.15. The number of hydrogen-bond acceptors (Lipinski definition) is 4. The number of aromatic carboxylic acids is 2. The molecule has 36 heavy (non-hydrogen) atoms. The number of carboxylic acid groups (broad SMARTS) is 2. The van der Waals surface area contributed by atoms with Gasteiger partial charge in [0.05, 0.1) is 33.9 Å². The predicted octanol–water partition coefficient (Wildman–Crippen LogP) is 5.72. The van der Waals surface area contributed by atoms with E-state index in [1.807, 2.05) is 66.8 Å². The number of H-pyrrole nitrogens is 2. The number of nitrogens with zero attached hydrogens (tertiary/aromatic N) is 2. The Morgan fingerprint density at radius 3 is 1.61 bits per heavy atom. The second kappa shape index (κ2) is 8.21. The van der Waals surface area contributed by atoms with Crippen LogP contribution < -0.4 is 0 Å². The van der Waals surface area contributed by atoms with Crippen LogP contribution in [-0.4, -0.2) is 42.1 Å². The highest BCUT2D eigenvalue weighted by atomic mass is 16.4. The van der Waals surface area contributed by atoms with Crippen molar-refractivity contribution in [3.8, 4) is 11.1 Å². The summed E-state index contributed by atoms with van der Waals surface area (Å²) in [5.41, 5.74) is 7.14. The average Bonchev–Trinajstić information content (AvgIpc) is 3.64. The Hall–Kier alpha value is -5.24. The molecule has 0 atom stereocenters. The molecule has 4 aromatic rings. The van der Waals surface area contributed by atoms with E-state index in [1.54, 1.807) is 0 Å². The third-order valence-corrected chi connectivity index (χ3v) is 5.91. The molecular weight excluding hydrogens is 456 g/mol. The predicted molar refractivity (Wildman–Crippen MR) is 138 cm³/mol. The third-order valence-electron chi connectivity index (χ3n) is 5.91. The first-order valence-corrected chi connectivity index (χ1v) is 11.1. The average molecular weight is 474 g/mol. The van der Waals surface area contributed by atoms with Crippen LogP contribution in [-0.2, 0) is 0 Å². The Labute approximate surface area is 204 Å². The molecule has 2 aliphatic heterocycles. The summed E-state index contributed by atoms with van der Waals surface area (Å²) in [5.74, 6) is -2.40. The van der Waals surface area contributed by atoms with E-state index in [1.165, 1.54) is 12.1 Å². The Bertz CT molecular complexity index is 1780. The zero-order valence-corrected chi connectivity index (χ0v) is 18.7. The van der Waals surface area contributed by atoms with Gasteiger partial charge in [-0.25, -0.2) is 19.6 Å². The van der Waals surface area contributed by atoms with Crippen LogP contribution in [0.1, 0.15) is 43.5 Å². The second-order valence-electron chi connectivity index (χ2n) is 8.50. The lowest BCUT2D eigenvalue weighted by atomic mass is 10.00. The summed E-state index contributed by atoms with van der Waals surface area (Å²) in [4.78, 5) is 39.4. The van der Waals surface area contributed by atoms with Gasteiger partial charge in [0.1, 0.15) is 0 Å². The molecule has 4 N–H and O–H groups in total. The van der Waals surface area contributed by atoms with Crippen molar-refractivity contribution in [1.82, 2.24) is 19.9 Å². The van der Waals surface area contributed by atoms with Crippen molar-refractivity contribution in [2.75, 3.05) is 0 Å². The molecule has 8 bridgehead atoms. The van der Waals surface area contributed by atoms with Crippen molar-refractivity contribution in [2.24, 2.45) is 0 Å². The lowest BCUT2D eigenvalue weighted by Crippen LogP contribution is -2.02. The van der Waals surface area contributed by atoms with Crippen LogP contribution in [0.15, 0.2) is 60.7 Å². The quantitative estimate of drug-likeness (QED) is 0.259. The highest BCUT2D eigenvalue weighted by molar-refractivity contribution is 5.98. The van der Waals surface area contributed by atoms with Crippen molar-refractivity contribution in [3.05, 3.63) is 94.6 Å². The summed E-state index contributed by atoms with van der Waals surface area (Å²) < 4.78 is 0. The van der Waals surface area contributed by atoms with Gasteiger partial charge in [0.25, 0.3) is 0 Å². The van der Waals surface area contributed by atoms with Crippen LogP contribution in [0.3, 0.4) is 0 Å². The molecule has 0 saturated carbocycles. The lowest BCUT2D eigenvalue weighted by molar-refractivity contribution is 0.0696. The van der Waals surface area contributed by atoms with E-state index in [2.05, 4.69) is 19.9 Å². The molecule has 0 fully saturated rings. The smallest absolute Gasteiger partial charge is 0.335 e. The number of benzene rings is 1. The number of rotatable bonds is 3. The second-order valence-corrected chi connectivity index (χ2v) is 8.50. The molecule has 0 saturated heterocycles. The van der Waals surface area contributed by atoms with Crippen molar-refractivity contribution in [3.63, 3.8) is 0 Å². The van der Waals surface area contributed by atoms with E-state index in [-0.39, 0.29) is 11.1 Å². The van der Waals surface area contributed by atoms with E-state index in [9.17, 15) is 19.8 Å². The summed E-state index contributed by atoms with van der Waals surface area (Å²) >= 11 is 0. The number of carbonyl (C=O) groups is 2. The maximum absolute atomic E-state index is 11.7. The van der Waals surface area contributed by atoms with Gasteiger partial charge in [0.15, 0.2) is 0 Å². The van der Waals surface area contributed by atoms with Gasteiger partial charge in [-0.2, -0.15) is 0 Å². The van der Waals surface area contributed by atoms with Gasteiger partial charge in [0, 0.05) is 27.6 Å². The molecule has 0 amide bonds. The van der Waals surface area contributed by atoms with Gasteiger partial charge in [-0.3, -0.25) is 0 Å². The first-order chi connectivity index (χ1) is 17.4. The first kappa shape index (κ1) is 21.3. The Kier molecular flexibility index (Phi) is 4.86. The van der Waals surface area contributed by atoms with Crippen LogP contribution in [0, 0.1) is 0 Å². The molecule has 174 valence electrons. The van der Waals surface area contributed by atoms with Crippen LogP contribution >= 0.6 is 0 Å². The maximum atomic E-state index is 11.7. The van der Waals surface area contributed by atoms with E-state index in [4.69, 9.17) is 0 Å². The summed E-state index contributed by atoms with van der Waals surface area (Å²) in [7, 11) is 0. The molecule has 1 aromatic carbocycles. The molecule has 0 unspecified atom stereocenters. The lowest BCUT2D eigenvalue weighted by Gasteiger charge is -2.04. The fraction of sp³-hybridized carbons (Fsp3) is 0. The molecule has 6 rings (SSSR count). The molecule has 2 aliphatic rings. The van der Waals surface area contributed by atoms with E-state index in [0.29, 0.717) is 22.3 Å². The molecule has 0 radical (unpaired) electrons. The molecule has 5 heterocycles. The van der Waals surface area contributed by atoms with Crippen molar-refractivity contribution in [2.45, 2.75) is 0 Å². The number of hydrogen-bond donors (Lipinski definition) is 4. The monoisotopic (exact) mass is 474 g/mol. The van der Waals surface area contributed by atoms with Gasteiger partial charge in [0.2, 0.25) is 0 Å². The molecule has 8 nitrogen and oxygen atoms in total. The zero-order valence-electron chi connectivity index (χ0n) is 18.7. The van der Waals surface area contributed by atoms with Gasteiger partial charge < -0.3 is 20.2 Å². The Morgan fingerprint density at radius 1 is 0.583 bits per heavy atom. The highest BCUT2D eigenvalue weighted by Crippen LogP contribution is 2.30. The molecule has 8 heteroatoms. The number of aromatic nitrogens is 4. The van der Waals surface area contributed by atoms with Crippen LogP contribution in [0.4, 0.5) is 0 Å². The van der Waals surface area contributed by atoms with Crippen LogP contribution in [0.25, 0.3) is 57.5 Å². The van der Waals surface area contributed by atoms with E-state index in [0.717, 1.165) is 39.7 Å². The Morgan fingerprint density at radius 2 is 1.08 bits per heavy atom.